The van der Waals surface area contributed by atoms with Crippen molar-refractivity contribution < 1.29 is 9.15 Å². The molecular weight excluding hydrogens is 340 g/mol. The number of ether oxygens (including phenoxy) is 1. The Kier molecular flexibility index (Phi) is 4.95. The summed E-state index contributed by atoms with van der Waals surface area (Å²) in [7, 11) is 0. The molecule has 0 fully saturated rings. The summed E-state index contributed by atoms with van der Waals surface area (Å²) in [6, 6.07) is 14.7. The molecular formula is C19H19ClN2O3. The first-order valence-corrected chi connectivity index (χ1v) is 8.45. The molecule has 0 aliphatic rings. The predicted octanol–water partition coefficient (Wildman–Crippen LogP) is 4.42. The lowest BCUT2D eigenvalue weighted by Gasteiger charge is -2.11. The van der Waals surface area contributed by atoms with E-state index in [1.165, 1.54) is 4.68 Å². The van der Waals surface area contributed by atoms with Crippen LogP contribution in [-0.4, -0.2) is 15.9 Å². The second-order valence-electron chi connectivity index (χ2n) is 6.03. The van der Waals surface area contributed by atoms with Crippen LogP contribution in [0.1, 0.15) is 38.1 Å². The lowest BCUT2D eigenvalue weighted by atomic mass is 10.0. The number of benzene rings is 2. The number of aromatic nitrogens is 2. The zero-order chi connectivity index (χ0) is 18.0. The van der Waals surface area contributed by atoms with Gasteiger partial charge in [0.1, 0.15) is 5.75 Å². The highest BCUT2D eigenvalue weighted by Crippen LogP contribution is 2.25. The minimum Gasteiger partial charge on any atom is -0.491 e. The van der Waals surface area contributed by atoms with Crippen molar-refractivity contribution in [2.45, 2.75) is 32.8 Å². The van der Waals surface area contributed by atoms with Crippen molar-refractivity contribution in [3.8, 4) is 11.4 Å². The number of nitrogens with zero attached hydrogens (tertiary/aromatic N) is 2. The average molecular weight is 359 g/mol. The van der Waals surface area contributed by atoms with Crippen molar-refractivity contribution in [3.05, 3.63) is 75.6 Å². The van der Waals surface area contributed by atoms with Crippen molar-refractivity contribution in [2.75, 3.05) is 0 Å². The van der Waals surface area contributed by atoms with E-state index in [2.05, 4.69) is 5.10 Å². The molecule has 0 spiro atoms. The summed E-state index contributed by atoms with van der Waals surface area (Å²) in [5.74, 6) is 0.399. The van der Waals surface area contributed by atoms with E-state index in [0.29, 0.717) is 16.6 Å². The molecule has 0 aliphatic carbocycles. The standard InChI is InChI=1S/C19H19ClN2O3/c1-12(2)24-15-10-8-14(9-11-15)13(3)18-21-22(19(23)25-18)17-7-5-4-6-16(17)20/h4-13H,1-3H3/t13-/m0/s1. The van der Waals surface area contributed by atoms with Crippen LogP contribution in [0.25, 0.3) is 5.69 Å². The van der Waals surface area contributed by atoms with Gasteiger partial charge < -0.3 is 9.15 Å². The third kappa shape index (κ3) is 3.77. The number of hydrogen-bond acceptors (Lipinski definition) is 4. The largest absolute Gasteiger partial charge is 0.491 e. The zero-order valence-electron chi connectivity index (χ0n) is 14.3. The molecule has 0 amide bonds. The smallest absolute Gasteiger partial charge is 0.442 e. The van der Waals surface area contributed by atoms with E-state index < -0.39 is 5.76 Å². The van der Waals surface area contributed by atoms with Gasteiger partial charge in [-0.2, -0.15) is 4.68 Å². The van der Waals surface area contributed by atoms with Crippen molar-refractivity contribution >= 4 is 11.6 Å². The molecule has 0 aliphatic heterocycles. The van der Waals surface area contributed by atoms with Crippen LogP contribution in [0.5, 0.6) is 5.75 Å². The lowest BCUT2D eigenvalue weighted by Crippen LogP contribution is -2.13. The first-order valence-electron chi connectivity index (χ1n) is 8.07. The van der Waals surface area contributed by atoms with Crippen LogP contribution in [0.15, 0.2) is 57.7 Å². The van der Waals surface area contributed by atoms with Gasteiger partial charge in [-0.1, -0.05) is 35.9 Å². The third-order valence-corrected chi connectivity index (χ3v) is 4.09. The van der Waals surface area contributed by atoms with E-state index in [1.54, 1.807) is 24.3 Å². The van der Waals surface area contributed by atoms with Crippen molar-refractivity contribution in [3.63, 3.8) is 0 Å². The van der Waals surface area contributed by atoms with E-state index in [0.717, 1.165) is 11.3 Å². The maximum Gasteiger partial charge on any atom is 0.442 e. The highest BCUT2D eigenvalue weighted by Gasteiger charge is 2.19. The first-order chi connectivity index (χ1) is 12.0. The van der Waals surface area contributed by atoms with E-state index in [9.17, 15) is 4.79 Å². The summed E-state index contributed by atoms with van der Waals surface area (Å²) in [4.78, 5) is 12.2. The Balaban J connectivity index is 1.89. The topological polar surface area (TPSA) is 57.3 Å². The maximum atomic E-state index is 12.2. The summed E-state index contributed by atoms with van der Waals surface area (Å²) in [6.07, 6.45) is 0.118. The molecule has 5 nitrogen and oxygen atoms in total. The third-order valence-electron chi connectivity index (χ3n) is 3.77. The molecule has 25 heavy (non-hydrogen) atoms. The molecule has 130 valence electrons. The van der Waals surface area contributed by atoms with Gasteiger partial charge in [-0.25, -0.2) is 4.79 Å². The minimum atomic E-state index is -0.560. The number of para-hydroxylation sites is 1. The fourth-order valence-electron chi connectivity index (χ4n) is 2.49. The van der Waals surface area contributed by atoms with E-state index in [1.807, 2.05) is 45.0 Å². The SMILES string of the molecule is CC(C)Oc1ccc([C@H](C)c2nn(-c3ccccc3Cl)c(=O)o2)cc1. The fourth-order valence-corrected chi connectivity index (χ4v) is 2.71. The van der Waals surface area contributed by atoms with Crippen LogP contribution >= 0.6 is 11.6 Å². The van der Waals surface area contributed by atoms with E-state index in [4.69, 9.17) is 20.8 Å². The molecule has 0 saturated carbocycles. The second-order valence-corrected chi connectivity index (χ2v) is 6.43. The lowest BCUT2D eigenvalue weighted by molar-refractivity contribution is 0.242. The van der Waals surface area contributed by atoms with Crippen LogP contribution in [0.2, 0.25) is 5.02 Å². The fraction of sp³-hybridized carbons (Fsp3) is 0.263. The normalized spacial score (nSPS) is 12.4. The Morgan fingerprint density at radius 3 is 2.40 bits per heavy atom. The van der Waals surface area contributed by atoms with Crippen LogP contribution in [0, 0.1) is 0 Å². The molecule has 0 saturated heterocycles. The van der Waals surface area contributed by atoms with Crippen molar-refractivity contribution in [1.82, 2.24) is 9.78 Å². The van der Waals surface area contributed by atoms with E-state index in [-0.39, 0.29) is 12.0 Å². The Hall–Kier alpha value is -2.53. The molecule has 0 unspecified atom stereocenters. The Labute approximate surface area is 150 Å². The van der Waals surface area contributed by atoms with Gasteiger partial charge in [-0.15, -0.1) is 5.10 Å². The highest BCUT2D eigenvalue weighted by molar-refractivity contribution is 6.32. The molecule has 2 aromatic carbocycles. The van der Waals surface area contributed by atoms with Crippen molar-refractivity contribution in [2.24, 2.45) is 0 Å². The number of halogens is 1. The molecule has 0 N–H and O–H groups in total. The van der Waals surface area contributed by atoms with Gasteiger partial charge >= 0.3 is 5.76 Å². The summed E-state index contributed by atoms with van der Waals surface area (Å²) >= 11 is 6.14. The highest BCUT2D eigenvalue weighted by atomic mass is 35.5. The maximum absolute atomic E-state index is 12.2. The molecule has 6 heteroatoms. The molecule has 0 bridgehead atoms. The summed E-state index contributed by atoms with van der Waals surface area (Å²) in [6.45, 7) is 5.89. The van der Waals surface area contributed by atoms with Gasteiger partial charge in [0.05, 0.1) is 22.7 Å². The second kappa shape index (κ2) is 7.15. The Morgan fingerprint density at radius 1 is 1.08 bits per heavy atom. The molecule has 1 atom stereocenters. The van der Waals surface area contributed by atoms with Gasteiger partial charge in [0.2, 0.25) is 5.89 Å². The number of rotatable bonds is 5. The van der Waals surface area contributed by atoms with Gasteiger partial charge in [-0.05, 0) is 50.6 Å². The van der Waals surface area contributed by atoms with Crippen LogP contribution in [0.3, 0.4) is 0 Å². The van der Waals surface area contributed by atoms with Crippen LogP contribution < -0.4 is 10.5 Å². The van der Waals surface area contributed by atoms with Crippen LogP contribution in [-0.2, 0) is 0 Å². The summed E-state index contributed by atoms with van der Waals surface area (Å²) < 4.78 is 12.2. The average Bonchev–Trinajstić information content (AvgIpc) is 2.96. The molecule has 3 aromatic rings. The Bertz CT molecular complexity index is 913. The number of hydrogen-bond donors (Lipinski definition) is 0. The molecule has 3 rings (SSSR count). The minimum absolute atomic E-state index is 0.118. The summed E-state index contributed by atoms with van der Waals surface area (Å²) in [5, 5.41) is 4.75. The van der Waals surface area contributed by atoms with Gasteiger partial charge in [0.15, 0.2) is 0 Å². The van der Waals surface area contributed by atoms with Gasteiger partial charge in [-0.3, -0.25) is 0 Å². The van der Waals surface area contributed by atoms with Crippen LogP contribution in [0.4, 0.5) is 0 Å². The predicted molar refractivity (Wildman–Crippen MR) is 96.8 cm³/mol. The van der Waals surface area contributed by atoms with Gasteiger partial charge in [0.25, 0.3) is 0 Å². The van der Waals surface area contributed by atoms with Crippen molar-refractivity contribution in [1.29, 1.82) is 0 Å². The van der Waals surface area contributed by atoms with Gasteiger partial charge in [0, 0.05) is 0 Å². The first kappa shape index (κ1) is 17.3. The summed E-state index contributed by atoms with van der Waals surface area (Å²) in [5.41, 5.74) is 1.47. The monoisotopic (exact) mass is 358 g/mol. The van der Waals surface area contributed by atoms with E-state index >= 15 is 0 Å². The Morgan fingerprint density at radius 2 is 1.76 bits per heavy atom. The quantitative estimate of drug-likeness (QED) is 0.677. The molecule has 0 radical (unpaired) electrons. The molecule has 1 aromatic heterocycles. The zero-order valence-corrected chi connectivity index (χ0v) is 15.0. The molecule has 1 heterocycles.